The van der Waals surface area contributed by atoms with E-state index >= 15 is 0 Å². The summed E-state index contributed by atoms with van der Waals surface area (Å²) in [4.78, 5) is 17.9. The second-order valence-corrected chi connectivity index (χ2v) is 5.55. The number of benzene rings is 1. The number of carbonyl (C=O) groups is 1. The number of pyridine rings is 1. The lowest BCUT2D eigenvalue weighted by Gasteiger charge is -2.40. The topological polar surface area (TPSA) is 51.7 Å². The first kappa shape index (κ1) is 15.6. The molecule has 0 radical (unpaired) electrons. The Kier molecular flexibility index (Phi) is 4.34. The number of anilines is 1. The van der Waals surface area contributed by atoms with E-state index in [2.05, 4.69) is 4.98 Å². The van der Waals surface area contributed by atoms with Crippen molar-refractivity contribution in [1.29, 1.82) is 0 Å². The molecular weight excluding hydrogens is 323 g/mol. The fourth-order valence-corrected chi connectivity index (χ4v) is 2.52. The van der Waals surface area contributed by atoms with Gasteiger partial charge in [0.05, 0.1) is 25.2 Å². The summed E-state index contributed by atoms with van der Waals surface area (Å²) in [5.74, 6) is 0.141. The van der Waals surface area contributed by atoms with Gasteiger partial charge in [-0.15, -0.1) is 0 Å². The van der Waals surface area contributed by atoms with Crippen molar-refractivity contribution in [3.8, 4) is 5.75 Å². The molecule has 0 bridgehead atoms. The number of halogens is 2. The van der Waals surface area contributed by atoms with Crippen LogP contribution in [0, 0.1) is 5.82 Å². The van der Waals surface area contributed by atoms with Crippen LogP contribution < -0.4 is 9.64 Å². The minimum atomic E-state index is -0.496. The van der Waals surface area contributed by atoms with Gasteiger partial charge in [0.25, 0.3) is 0 Å². The van der Waals surface area contributed by atoms with Gasteiger partial charge >= 0.3 is 5.97 Å². The zero-order valence-electron chi connectivity index (χ0n) is 12.3. The number of esters is 1. The van der Waals surface area contributed by atoms with E-state index in [9.17, 15) is 9.18 Å². The zero-order valence-corrected chi connectivity index (χ0v) is 13.1. The number of aromatic nitrogens is 1. The van der Waals surface area contributed by atoms with Crippen LogP contribution >= 0.6 is 11.6 Å². The highest BCUT2D eigenvalue weighted by Gasteiger charge is 2.32. The van der Waals surface area contributed by atoms with Crippen LogP contribution in [0.5, 0.6) is 5.75 Å². The molecule has 120 valence electrons. The number of methoxy groups -OCH3 is 1. The Morgan fingerprint density at radius 2 is 2.17 bits per heavy atom. The molecule has 0 unspecified atom stereocenters. The standard InChI is InChI=1S/C16H14ClFN2O3/c1-22-16(21)14-5-10(17)7-19-15(14)20-8-13(9-20)23-12-4-2-3-11(18)6-12/h2-7,13H,8-9H2,1H3. The van der Waals surface area contributed by atoms with Gasteiger partial charge in [-0.05, 0) is 18.2 Å². The smallest absolute Gasteiger partial charge is 0.341 e. The van der Waals surface area contributed by atoms with Gasteiger partial charge in [-0.1, -0.05) is 17.7 Å². The average Bonchev–Trinajstić information content (AvgIpc) is 2.50. The molecule has 0 atom stereocenters. The molecule has 2 heterocycles. The van der Waals surface area contributed by atoms with Crippen LogP contribution in [0.2, 0.25) is 5.02 Å². The third kappa shape index (κ3) is 3.37. The Bertz CT molecular complexity index is 735. The fourth-order valence-electron chi connectivity index (χ4n) is 2.36. The number of nitrogens with zero attached hydrogens (tertiary/aromatic N) is 2. The van der Waals surface area contributed by atoms with Gasteiger partial charge in [-0.3, -0.25) is 0 Å². The lowest BCUT2D eigenvalue weighted by Crippen LogP contribution is -2.54. The van der Waals surface area contributed by atoms with Crippen molar-refractivity contribution in [2.75, 3.05) is 25.1 Å². The fraction of sp³-hybridized carbons (Fsp3) is 0.250. The van der Waals surface area contributed by atoms with E-state index in [1.54, 1.807) is 12.1 Å². The Morgan fingerprint density at radius 3 is 2.87 bits per heavy atom. The first-order chi connectivity index (χ1) is 11.1. The van der Waals surface area contributed by atoms with Crippen LogP contribution in [0.3, 0.4) is 0 Å². The largest absolute Gasteiger partial charge is 0.487 e. The highest BCUT2D eigenvalue weighted by atomic mass is 35.5. The monoisotopic (exact) mass is 336 g/mol. The Morgan fingerprint density at radius 1 is 1.39 bits per heavy atom. The van der Waals surface area contributed by atoms with Crippen molar-refractivity contribution >= 4 is 23.4 Å². The molecule has 5 nitrogen and oxygen atoms in total. The second kappa shape index (κ2) is 6.42. The predicted octanol–water partition coefficient (Wildman–Crippen LogP) is 2.93. The quantitative estimate of drug-likeness (QED) is 0.803. The maximum absolute atomic E-state index is 13.1. The van der Waals surface area contributed by atoms with E-state index in [0.717, 1.165) is 0 Å². The predicted molar refractivity (Wildman–Crippen MR) is 83.6 cm³/mol. The van der Waals surface area contributed by atoms with Crippen LogP contribution in [0.25, 0.3) is 0 Å². The van der Waals surface area contributed by atoms with Gasteiger partial charge in [0, 0.05) is 12.3 Å². The first-order valence-electron chi connectivity index (χ1n) is 6.98. The molecule has 7 heteroatoms. The highest BCUT2D eigenvalue weighted by Crippen LogP contribution is 2.28. The summed E-state index contributed by atoms with van der Waals surface area (Å²) in [7, 11) is 1.30. The van der Waals surface area contributed by atoms with Gasteiger partial charge in [0.15, 0.2) is 0 Å². The number of rotatable bonds is 4. The molecular formula is C16H14ClFN2O3. The minimum absolute atomic E-state index is 0.0974. The van der Waals surface area contributed by atoms with E-state index < -0.39 is 5.97 Å². The Hall–Kier alpha value is -2.34. The van der Waals surface area contributed by atoms with Crippen LogP contribution in [0.4, 0.5) is 10.2 Å². The highest BCUT2D eigenvalue weighted by molar-refractivity contribution is 6.30. The molecule has 0 spiro atoms. The number of hydrogen-bond donors (Lipinski definition) is 0. The summed E-state index contributed by atoms with van der Waals surface area (Å²) >= 11 is 5.89. The molecule has 0 aliphatic carbocycles. The first-order valence-corrected chi connectivity index (χ1v) is 7.35. The summed E-state index contributed by atoms with van der Waals surface area (Å²) in [5, 5.41) is 0.363. The van der Waals surface area contributed by atoms with Crippen LogP contribution in [-0.2, 0) is 4.74 Å². The number of ether oxygens (including phenoxy) is 2. The molecule has 1 fully saturated rings. The molecule has 1 aromatic heterocycles. The summed E-state index contributed by atoms with van der Waals surface area (Å²) < 4.78 is 23.6. The van der Waals surface area contributed by atoms with Gasteiger partial charge in [-0.2, -0.15) is 0 Å². The lowest BCUT2D eigenvalue weighted by atomic mass is 10.1. The Balaban J connectivity index is 1.68. The molecule has 1 aliphatic heterocycles. The van der Waals surface area contributed by atoms with Gasteiger partial charge in [0.2, 0.25) is 0 Å². The molecule has 23 heavy (non-hydrogen) atoms. The number of hydrogen-bond acceptors (Lipinski definition) is 5. The third-order valence-corrected chi connectivity index (χ3v) is 3.69. The molecule has 3 rings (SSSR count). The van der Waals surface area contributed by atoms with Crippen molar-refractivity contribution in [3.05, 3.63) is 52.9 Å². The van der Waals surface area contributed by atoms with Gasteiger partial charge < -0.3 is 14.4 Å². The third-order valence-electron chi connectivity index (χ3n) is 3.49. The summed E-state index contributed by atoms with van der Waals surface area (Å²) in [6, 6.07) is 7.52. The van der Waals surface area contributed by atoms with E-state index in [0.29, 0.717) is 35.2 Å². The van der Waals surface area contributed by atoms with Gasteiger partial charge in [-0.25, -0.2) is 14.2 Å². The number of carbonyl (C=O) groups excluding carboxylic acids is 1. The van der Waals surface area contributed by atoms with Crippen LogP contribution in [0.1, 0.15) is 10.4 Å². The second-order valence-electron chi connectivity index (χ2n) is 5.12. The zero-order chi connectivity index (χ0) is 16.4. The molecule has 1 saturated heterocycles. The maximum Gasteiger partial charge on any atom is 0.341 e. The van der Waals surface area contributed by atoms with Crippen molar-refractivity contribution in [2.24, 2.45) is 0 Å². The summed E-state index contributed by atoms with van der Waals surface area (Å²) in [6.45, 7) is 1.07. The minimum Gasteiger partial charge on any atom is -0.487 e. The average molecular weight is 337 g/mol. The van der Waals surface area contributed by atoms with E-state index in [1.807, 2.05) is 4.90 Å². The normalized spacial score (nSPS) is 14.3. The molecule has 2 aromatic rings. The van der Waals surface area contributed by atoms with E-state index in [4.69, 9.17) is 21.1 Å². The van der Waals surface area contributed by atoms with Crippen molar-refractivity contribution in [3.63, 3.8) is 0 Å². The maximum atomic E-state index is 13.1. The Labute approximate surface area is 137 Å². The van der Waals surface area contributed by atoms with Crippen LogP contribution in [0.15, 0.2) is 36.5 Å². The van der Waals surface area contributed by atoms with Crippen molar-refractivity contribution in [1.82, 2.24) is 4.98 Å². The molecule has 0 saturated carbocycles. The summed E-state index contributed by atoms with van der Waals surface area (Å²) in [6.07, 6.45) is 1.38. The van der Waals surface area contributed by atoms with E-state index in [1.165, 1.54) is 31.5 Å². The SMILES string of the molecule is COC(=O)c1cc(Cl)cnc1N1CC(Oc2cccc(F)c2)C1. The molecule has 0 N–H and O–H groups in total. The lowest BCUT2D eigenvalue weighted by molar-refractivity contribution is 0.0599. The molecule has 0 amide bonds. The molecule has 1 aromatic carbocycles. The van der Waals surface area contributed by atoms with Crippen molar-refractivity contribution in [2.45, 2.75) is 6.10 Å². The van der Waals surface area contributed by atoms with E-state index in [-0.39, 0.29) is 11.9 Å². The summed E-state index contributed by atoms with van der Waals surface area (Å²) in [5.41, 5.74) is 0.309. The molecule has 1 aliphatic rings. The van der Waals surface area contributed by atoms with Crippen LogP contribution in [-0.4, -0.2) is 37.3 Å². The van der Waals surface area contributed by atoms with Gasteiger partial charge in [0.1, 0.15) is 29.1 Å². The van der Waals surface area contributed by atoms with Crippen molar-refractivity contribution < 1.29 is 18.7 Å².